The molecule has 100 valence electrons. The molecule has 0 radical (unpaired) electrons. The van der Waals surface area contributed by atoms with Crippen LogP contribution in [0.4, 0.5) is 0 Å². The van der Waals surface area contributed by atoms with Crippen LogP contribution in [0.15, 0.2) is 27.6 Å². The van der Waals surface area contributed by atoms with Crippen molar-refractivity contribution in [1.29, 1.82) is 0 Å². The second kappa shape index (κ2) is 5.10. The Balaban J connectivity index is 1.84. The van der Waals surface area contributed by atoms with Crippen LogP contribution in [0.1, 0.15) is 35.8 Å². The molecule has 1 aromatic heterocycles. The molecular weight excluding hydrogens is 282 g/mol. The summed E-state index contributed by atoms with van der Waals surface area (Å²) < 4.78 is 5.23. The number of nitrogens with zero attached hydrogens (tertiary/aromatic N) is 1. The van der Waals surface area contributed by atoms with E-state index in [9.17, 15) is 5.11 Å². The highest BCUT2D eigenvalue weighted by atomic mass is 35.5. The number of thioether (sulfide) groups is 1. The van der Waals surface area contributed by atoms with Gasteiger partial charge in [0.05, 0.1) is 0 Å². The highest BCUT2D eigenvalue weighted by molar-refractivity contribution is 7.98. The highest BCUT2D eigenvalue weighted by Gasteiger charge is 2.32. The molecule has 1 aromatic carbocycles. The molecule has 1 heterocycles. The standard InChI is InChI=1S/C14H14ClNO2S/c1-19-10-5-4-9(11(15)7-10)6-12-13(17)14(18-16-12)8-2-3-8/h4-5,7-8,17H,2-3,6H2,1H3. The lowest BCUT2D eigenvalue weighted by Crippen LogP contribution is -1.90. The molecule has 0 bridgehead atoms. The average Bonchev–Trinajstić information content (AvgIpc) is 3.18. The normalized spacial score (nSPS) is 14.8. The van der Waals surface area contributed by atoms with Crippen LogP contribution in [0.25, 0.3) is 0 Å². The maximum Gasteiger partial charge on any atom is 0.182 e. The van der Waals surface area contributed by atoms with Crippen molar-refractivity contribution in [3.8, 4) is 5.75 Å². The minimum absolute atomic E-state index is 0.201. The topological polar surface area (TPSA) is 46.3 Å². The quantitative estimate of drug-likeness (QED) is 0.858. The molecular formula is C14H14ClNO2S. The zero-order valence-corrected chi connectivity index (χ0v) is 12.1. The van der Waals surface area contributed by atoms with E-state index >= 15 is 0 Å². The fraction of sp³-hybridized carbons (Fsp3) is 0.357. The summed E-state index contributed by atoms with van der Waals surface area (Å²) in [6.45, 7) is 0. The molecule has 2 aromatic rings. The van der Waals surface area contributed by atoms with Crippen molar-refractivity contribution in [2.45, 2.75) is 30.1 Å². The minimum atomic E-state index is 0.201. The van der Waals surface area contributed by atoms with Gasteiger partial charge in [0.25, 0.3) is 0 Å². The molecule has 0 saturated heterocycles. The van der Waals surface area contributed by atoms with Crippen molar-refractivity contribution in [3.05, 3.63) is 40.2 Å². The van der Waals surface area contributed by atoms with Gasteiger partial charge in [-0.3, -0.25) is 0 Å². The molecule has 1 N–H and O–H groups in total. The first-order chi connectivity index (χ1) is 9.19. The van der Waals surface area contributed by atoms with Crippen molar-refractivity contribution in [2.75, 3.05) is 6.26 Å². The lowest BCUT2D eigenvalue weighted by molar-refractivity contribution is 0.368. The second-order valence-electron chi connectivity index (χ2n) is 4.75. The zero-order valence-electron chi connectivity index (χ0n) is 10.5. The van der Waals surface area contributed by atoms with E-state index in [1.807, 2.05) is 24.5 Å². The molecule has 5 heteroatoms. The van der Waals surface area contributed by atoms with Crippen molar-refractivity contribution in [1.82, 2.24) is 5.16 Å². The number of hydrogen-bond acceptors (Lipinski definition) is 4. The van der Waals surface area contributed by atoms with Crippen molar-refractivity contribution in [3.63, 3.8) is 0 Å². The van der Waals surface area contributed by atoms with E-state index in [2.05, 4.69) is 5.16 Å². The molecule has 0 aliphatic heterocycles. The molecule has 1 aliphatic carbocycles. The Morgan fingerprint density at radius 3 is 2.89 bits per heavy atom. The molecule has 0 atom stereocenters. The maximum absolute atomic E-state index is 10.1. The minimum Gasteiger partial charge on any atom is -0.503 e. The summed E-state index contributed by atoms with van der Waals surface area (Å²) in [6, 6.07) is 5.92. The summed E-state index contributed by atoms with van der Waals surface area (Å²) in [4.78, 5) is 1.12. The molecule has 0 spiro atoms. The molecule has 0 amide bonds. The predicted octanol–water partition coefficient (Wildman–Crippen LogP) is 4.22. The fourth-order valence-electron chi connectivity index (χ4n) is 2.04. The van der Waals surface area contributed by atoms with E-state index in [4.69, 9.17) is 16.1 Å². The number of aromatic nitrogens is 1. The van der Waals surface area contributed by atoms with Gasteiger partial charge in [-0.25, -0.2) is 0 Å². The Morgan fingerprint density at radius 1 is 1.47 bits per heavy atom. The molecule has 3 nitrogen and oxygen atoms in total. The van der Waals surface area contributed by atoms with Crippen LogP contribution in [0.2, 0.25) is 5.02 Å². The van der Waals surface area contributed by atoms with E-state index in [1.165, 1.54) is 0 Å². The van der Waals surface area contributed by atoms with Crippen LogP contribution < -0.4 is 0 Å². The molecule has 1 fully saturated rings. The molecule has 1 aliphatic rings. The summed E-state index contributed by atoms with van der Waals surface area (Å²) in [6.07, 6.45) is 4.66. The fourth-order valence-corrected chi connectivity index (χ4v) is 2.79. The first-order valence-corrected chi connectivity index (χ1v) is 7.79. The van der Waals surface area contributed by atoms with Gasteiger partial charge in [0.1, 0.15) is 5.69 Å². The zero-order chi connectivity index (χ0) is 13.4. The second-order valence-corrected chi connectivity index (χ2v) is 6.04. The third kappa shape index (κ3) is 2.60. The van der Waals surface area contributed by atoms with E-state index < -0.39 is 0 Å². The summed E-state index contributed by atoms with van der Waals surface area (Å²) in [5.41, 5.74) is 1.52. The maximum atomic E-state index is 10.1. The van der Waals surface area contributed by atoms with Gasteiger partial charge in [-0.1, -0.05) is 22.8 Å². The summed E-state index contributed by atoms with van der Waals surface area (Å²) in [7, 11) is 0. The van der Waals surface area contributed by atoms with E-state index in [-0.39, 0.29) is 5.75 Å². The van der Waals surface area contributed by atoms with Gasteiger partial charge < -0.3 is 9.63 Å². The first-order valence-electron chi connectivity index (χ1n) is 6.19. The average molecular weight is 296 g/mol. The van der Waals surface area contributed by atoms with Crippen LogP contribution in [-0.4, -0.2) is 16.5 Å². The first kappa shape index (κ1) is 12.9. The van der Waals surface area contributed by atoms with Gasteiger partial charge >= 0.3 is 0 Å². The highest BCUT2D eigenvalue weighted by Crippen LogP contribution is 2.45. The molecule has 19 heavy (non-hydrogen) atoms. The third-order valence-electron chi connectivity index (χ3n) is 3.33. The van der Waals surface area contributed by atoms with Crippen LogP contribution >= 0.6 is 23.4 Å². The summed E-state index contributed by atoms with van der Waals surface area (Å²) in [5, 5.41) is 14.8. The van der Waals surface area contributed by atoms with Gasteiger partial charge in [0.2, 0.25) is 0 Å². The Kier molecular flexibility index (Phi) is 3.46. The Bertz CT molecular complexity index is 607. The van der Waals surface area contributed by atoms with Gasteiger partial charge in [0, 0.05) is 22.3 Å². The van der Waals surface area contributed by atoms with Crippen molar-refractivity contribution >= 4 is 23.4 Å². The lowest BCUT2D eigenvalue weighted by Gasteiger charge is -2.04. The Hall–Kier alpha value is -1.13. The number of aromatic hydroxyl groups is 1. The van der Waals surface area contributed by atoms with Gasteiger partial charge in [0.15, 0.2) is 11.5 Å². The molecule has 0 unspecified atom stereocenters. The number of halogens is 1. The number of rotatable bonds is 4. The monoisotopic (exact) mass is 295 g/mol. The van der Waals surface area contributed by atoms with Crippen LogP contribution in [0.5, 0.6) is 5.75 Å². The number of hydrogen-bond donors (Lipinski definition) is 1. The molecule has 3 rings (SSSR count). The van der Waals surface area contributed by atoms with E-state index in [0.29, 0.717) is 28.8 Å². The largest absolute Gasteiger partial charge is 0.503 e. The third-order valence-corrected chi connectivity index (χ3v) is 4.40. The van der Waals surface area contributed by atoms with E-state index in [0.717, 1.165) is 23.3 Å². The Morgan fingerprint density at radius 2 is 2.26 bits per heavy atom. The smallest absolute Gasteiger partial charge is 0.182 e. The number of benzene rings is 1. The summed E-state index contributed by atoms with van der Waals surface area (Å²) >= 11 is 7.89. The predicted molar refractivity (Wildman–Crippen MR) is 76.2 cm³/mol. The lowest BCUT2D eigenvalue weighted by atomic mass is 10.1. The van der Waals surface area contributed by atoms with Crippen LogP contribution in [0.3, 0.4) is 0 Å². The summed E-state index contributed by atoms with van der Waals surface area (Å²) in [5.74, 6) is 1.19. The van der Waals surface area contributed by atoms with Crippen molar-refractivity contribution < 1.29 is 9.63 Å². The van der Waals surface area contributed by atoms with E-state index in [1.54, 1.807) is 11.8 Å². The Labute approximate surface area is 120 Å². The van der Waals surface area contributed by atoms with Crippen LogP contribution in [0, 0.1) is 0 Å². The van der Waals surface area contributed by atoms with Crippen molar-refractivity contribution in [2.24, 2.45) is 0 Å². The van der Waals surface area contributed by atoms with Crippen LogP contribution in [-0.2, 0) is 6.42 Å². The van der Waals surface area contributed by atoms with Gasteiger partial charge in [-0.05, 0) is 36.8 Å². The molecule has 1 saturated carbocycles. The van der Waals surface area contributed by atoms with Gasteiger partial charge in [-0.2, -0.15) is 0 Å². The van der Waals surface area contributed by atoms with Gasteiger partial charge in [-0.15, -0.1) is 11.8 Å². The SMILES string of the molecule is CSc1ccc(Cc2noc(C3CC3)c2O)c(Cl)c1.